The van der Waals surface area contributed by atoms with Crippen LogP contribution >= 0.6 is 0 Å². The van der Waals surface area contributed by atoms with Crippen LogP contribution in [-0.4, -0.2) is 37.9 Å². The first-order valence-electron chi connectivity index (χ1n) is 29.8. The minimum Gasteiger partial charge on any atom is -0.462 e. The van der Waals surface area contributed by atoms with Crippen LogP contribution in [0.4, 0.5) is 0 Å². The van der Waals surface area contributed by atoms with E-state index in [9.17, 15) is 9.59 Å². The van der Waals surface area contributed by atoms with Crippen molar-refractivity contribution in [3.8, 4) is 0 Å². The quantitative estimate of drug-likeness (QED) is 0.0345. The number of unbranched alkanes of at least 4 members (excludes halogenated alkanes) is 27. The van der Waals surface area contributed by atoms with Crippen LogP contribution in [0.1, 0.15) is 278 Å². The van der Waals surface area contributed by atoms with Crippen LogP contribution in [0.15, 0.2) is 97.2 Å². The van der Waals surface area contributed by atoms with E-state index >= 15 is 0 Å². The monoisotopic (exact) mass is 973 g/mol. The first kappa shape index (κ1) is 66.8. The molecule has 0 saturated carbocycles. The van der Waals surface area contributed by atoms with Crippen LogP contribution < -0.4 is 0 Å². The second-order valence-corrected chi connectivity index (χ2v) is 19.5. The molecule has 0 aromatic heterocycles. The Hall–Kier alpha value is -3.18. The van der Waals surface area contributed by atoms with Crippen LogP contribution in [0.5, 0.6) is 0 Å². The molecule has 0 aliphatic heterocycles. The third-order valence-electron chi connectivity index (χ3n) is 12.6. The fourth-order valence-corrected chi connectivity index (χ4v) is 8.22. The molecule has 0 N–H and O–H groups in total. The SMILES string of the molecule is CC/C=C\C/C=C\C/C=C\CCCCCCCCCCOCC(COC(=O)CCCCCCCCCCC/C=C\C/C=C\CCCCC)OC(=O)CCCCCCCCC/C=C\C/C=C\C/C=C\CC. The van der Waals surface area contributed by atoms with Crippen molar-refractivity contribution < 1.29 is 23.8 Å². The Morgan fingerprint density at radius 3 is 1.03 bits per heavy atom. The van der Waals surface area contributed by atoms with Gasteiger partial charge in [-0.05, 0) is 116 Å². The number of carbonyl (C=O) groups is 2. The highest BCUT2D eigenvalue weighted by molar-refractivity contribution is 5.70. The molecule has 0 rings (SSSR count). The molecule has 5 heteroatoms. The van der Waals surface area contributed by atoms with Crippen molar-refractivity contribution in [2.75, 3.05) is 19.8 Å². The zero-order valence-corrected chi connectivity index (χ0v) is 46.3. The van der Waals surface area contributed by atoms with Gasteiger partial charge in [-0.15, -0.1) is 0 Å². The first-order valence-corrected chi connectivity index (χ1v) is 29.8. The van der Waals surface area contributed by atoms with Crippen molar-refractivity contribution in [3.05, 3.63) is 97.2 Å². The molecule has 0 aliphatic rings. The average Bonchev–Trinajstić information content (AvgIpc) is 3.36. The Bertz CT molecular complexity index is 1330. The van der Waals surface area contributed by atoms with Crippen molar-refractivity contribution in [1.29, 1.82) is 0 Å². The number of hydrogen-bond acceptors (Lipinski definition) is 5. The van der Waals surface area contributed by atoms with Gasteiger partial charge >= 0.3 is 11.9 Å². The van der Waals surface area contributed by atoms with Crippen molar-refractivity contribution in [3.63, 3.8) is 0 Å². The highest BCUT2D eigenvalue weighted by Crippen LogP contribution is 2.15. The number of rotatable bonds is 54. The lowest BCUT2D eigenvalue weighted by molar-refractivity contribution is -0.163. The fourth-order valence-electron chi connectivity index (χ4n) is 8.22. The second-order valence-electron chi connectivity index (χ2n) is 19.5. The summed E-state index contributed by atoms with van der Waals surface area (Å²) in [4.78, 5) is 25.6. The molecule has 0 aromatic rings. The molecule has 1 atom stereocenters. The number of ether oxygens (including phenoxy) is 3. The topological polar surface area (TPSA) is 61.8 Å². The Kier molecular flexibility index (Phi) is 57.4. The van der Waals surface area contributed by atoms with Gasteiger partial charge in [0.25, 0.3) is 0 Å². The summed E-state index contributed by atoms with van der Waals surface area (Å²) < 4.78 is 17.5. The lowest BCUT2D eigenvalue weighted by Gasteiger charge is -2.18. The molecule has 5 nitrogen and oxygen atoms in total. The van der Waals surface area contributed by atoms with Gasteiger partial charge in [-0.25, -0.2) is 0 Å². The lowest BCUT2D eigenvalue weighted by Crippen LogP contribution is -2.30. The van der Waals surface area contributed by atoms with Gasteiger partial charge in [0.15, 0.2) is 6.10 Å². The molecule has 0 spiro atoms. The maximum Gasteiger partial charge on any atom is 0.306 e. The number of esters is 2. The summed E-state index contributed by atoms with van der Waals surface area (Å²) in [5.74, 6) is -0.413. The predicted octanol–water partition coefficient (Wildman–Crippen LogP) is 20.6. The molecule has 70 heavy (non-hydrogen) atoms. The van der Waals surface area contributed by atoms with Crippen molar-refractivity contribution in [2.45, 2.75) is 284 Å². The van der Waals surface area contributed by atoms with Crippen LogP contribution in [0.25, 0.3) is 0 Å². The molecular formula is C65H112O5. The molecule has 0 amide bonds. The van der Waals surface area contributed by atoms with Gasteiger partial charge in [0.2, 0.25) is 0 Å². The molecule has 0 saturated heterocycles. The van der Waals surface area contributed by atoms with Crippen LogP contribution in [0.3, 0.4) is 0 Å². The first-order chi connectivity index (χ1) is 34.6. The third-order valence-corrected chi connectivity index (χ3v) is 12.6. The van der Waals surface area contributed by atoms with Crippen molar-refractivity contribution in [1.82, 2.24) is 0 Å². The number of carbonyl (C=O) groups excluding carboxylic acids is 2. The Balaban J connectivity index is 4.31. The summed E-state index contributed by atoms with van der Waals surface area (Å²) in [6, 6.07) is 0. The van der Waals surface area contributed by atoms with E-state index in [0.29, 0.717) is 19.4 Å². The van der Waals surface area contributed by atoms with Gasteiger partial charge < -0.3 is 14.2 Å². The standard InChI is InChI=1S/C65H112O5/c1-4-7-10-13-16-19-22-25-28-31-33-35-37-40-43-46-49-52-55-58-64(66)69-62-63(61-68-60-57-54-51-48-45-42-39-36-32-29-26-23-20-17-14-11-8-5-2)70-65(67)59-56-53-50-47-44-41-38-34-30-27-24-21-18-15-12-9-6-3/h8-9,11-12,16-21,25-30,63H,4-7,10,13-15,22-24,31-62H2,1-3H3/b11-8-,12-9-,19-16-,20-17-,21-18-,28-25-,29-26-,30-27-. The summed E-state index contributed by atoms with van der Waals surface area (Å²) in [5.41, 5.74) is 0. The predicted molar refractivity (Wildman–Crippen MR) is 306 cm³/mol. The Morgan fingerprint density at radius 2 is 0.643 bits per heavy atom. The highest BCUT2D eigenvalue weighted by Gasteiger charge is 2.17. The van der Waals surface area contributed by atoms with Crippen molar-refractivity contribution >= 4 is 11.9 Å². The van der Waals surface area contributed by atoms with E-state index in [4.69, 9.17) is 14.2 Å². The average molecular weight is 974 g/mol. The van der Waals surface area contributed by atoms with E-state index in [-0.39, 0.29) is 25.2 Å². The van der Waals surface area contributed by atoms with E-state index < -0.39 is 6.10 Å². The summed E-state index contributed by atoms with van der Waals surface area (Å²) >= 11 is 0. The second kappa shape index (κ2) is 60.1. The van der Waals surface area contributed by atoms with E-state index in [0.717, 1.165) is 103 Å². The van der Waals surface area contributed by atoms with Gasteiger partial charge in [0.05, 0.1) is 6.61 Å². The van der Waals surface area contributed by atoms with E-state index in [1.54, 1.807) is 0 Å². The smallest absolute Gasteiger partial charge is 0.306 e. The zero-order valence-electron chi connectivity index (χ0n) is 46.3. The van der Waals surface area contributed by atoms with E-state index in [2.05, 4.69) is 118 Å². The van der Waals surface area contributed by atoms with Gasteiger partial charge in [-0.3, -0.25) is 9.59 Å². The highest BCUT2D eigenvalue weighted by atomic mass is 16.6. The van der Waals surface area contributed by atoms with Crippen LogP contribution in [0, 0.1) is 0 Å². The summed E-state index contributed by atoms with van der Waals surface area (Å²) in [6.07, 6.45) is 81.4. The Morgan fingerprint density at radius 1 is 0.329 bits per heavy atom. The van der Waals surface area contributed by atoms with Gasteiger partial charge in [0, 0.05) is 19.4 Å². The normalized spacial score (nSPS) is 12.9. The largest absolute Gasteiger partial charge is 0.462 e. The number of hydrogen-bond donors (Lipinski definition) is 0. The summed E-state index contributed by atoms with van der Waals surface area (Å²) in [7, 11) is 0. The summed E-state index contributed by atoms with van der Waals surface area (Å²) in [5, 5.41) is 0. The van der Waals surface area contributed by atoms with Gasteiger partial charge in [0.1, 0.15) is 6.61 Å². The van der Waals surface area contributed by atoms with Crippen molar-refractivity contribution in [2.24, 2.45) is 0 Å². The fraction of sp³-hybridized carbons (Fsp3) is 0.723. The Labute approximate surface area is 434 Å². The molecule has 0 bridgehead atoms. The third kappa shape index (κ3) is 57.4. The maximum absolute atomic E-state index is 12.9. The minimum absolute atomic E-state index is 0.0723. The molecule has 402 valence electrons. The minimum atomic E-state index is -0.554. The molecule has 0 heterocycles. The molecule has 0 aromatic carbocycles. The summed E-state index contributed by atoms with van der Waals surface area (Å²) in [6.45, 7) is 7.58. The molecule has 1 unspecified atom stereocenters. The molecule has 0 radical (unpaired) electrons. The van der Waals surface area contributed by atoms with Gasteiger partial charge in [-0.2, -0.15) is 0 Å². The van der Waals surface area contributed by atoms with Gasteiger partial charge in [-0.1, -0.05) is 246 Å². The zero-order chi connectivity index (χ0) is 50.6. The molecule has 0 fully saturated rings. The van der Waals surface area contributed by atoms with E-state index in [1.165, 1.54) is 141 Å². The van der Waals surface area contributed by atoms with Crippen LogP contribution in [0.2, 0.25) is 0 Å². The molecular weight excluding hydrogens is 861 g/mol. The van der Waals surface area contributed by atoms with Crippen LogP contribution in [-0.2, 0) is 23.8 Å². The maximum atomic E-state index is 12.9. The lowest BCUT2D eigenvalue weighted by atomic mass is 10.1. The molecule has 0 aliphatic carbocycles. The van der Waals surface area contributed by atoms with E-state index in [1.807, 2.05) is 0 Å². The number of allylic oxidation sites excluding steroid dienone is 16.